The molecule has 3 aromatic carbocycles. The Hall–Kier alpha value is -3.00. The molecule has 0 N–H and O–H groups in total. The van der Waals surface area contributed by atoms with Crippen molar-refractivity contribution in [3.63, 3.8) is 0 Å². The van der Waals surface area contributed by atoms with E-state index in [4.69, 9.17) is 28.4 Å². The van der Waals surface area contributed by atoms with E-state index in [1.54, 1.807) is 14.2 Å². The standard InChI is InChI=1S/C29H32O6/c1-30-28(34-21-24-16-10-5-11-17-24)26-18-25(32-19-22-12-6-3-7-13-22)27(29(31-2)35-26)33-20-23-14-8-4-9-15-23/h3-18,25,27-29H,19-21H2,1-2H3/t25-,27+,28?,29-/m0/s1. The Labute approximate surface area is 207 Å². The minimum Gasteiger partial charge on any atom is -0.461 e. The Bertz CT molecular complexity index is 1020. The van der Waals surface area contributed by atoms with Crippen molar-refractivity contribution in [1.82, 2.24) is 0 Å². The van der Waals surface area contributed by atoms with E-state index in [2.05, 4.69) is 0 Å². The second-order valence-corrected chi connectivity index (χ2v) is 8.18. The molecule has 0 fully saturated rings. The molecule has 35 heavy (non-hydrogen) atoms. The van der Waals surface area contributed by atoms with Crippen molar-refractivity contribution in [2.24, 2.45) is 0 Å². The lowest BCUT2D eigenvalue weighted by Crippen LogP contribution is -2.47. The van der Waals surface area contributed by atoms with Crippen LogP contribution in [0.15, 0.2) is 103 Å². The molecule has 184 valence electrons. The van der Waals surface area contributed by atoms with Crippen LogP contribution in [0, 0.1) is 0 Å². The SMILES string of the molecule is COC(OCc1ccccc1)C1=C[C@H](OCc2ccccc2)[C@@H](OCc2ccccc2)[C@@H](OC)O1. The maximum Gasteiger partial charge on any atom is 0.228 e. The quantitative estimate of drug-likeness (QED) is 0.334. The molecule has 1 aliphatic heterocycles. The molecule has 1 heterocycles. The number of hydrogen-bond donors (Lipinski definition) is 0. The second kappa shape index (κ2) is 13.2. The van der Waals surface area contributed by atoms with E-state index in [1.165, 1.54) is 0 Å². The fourth-order valence-electron chi connectivity index (χ4n) is 3.83. The highest BCUT2D eigenvalue weighted by Crippen LogP contribution is 2.28. The van der Waals surface area contributed by atoms with Crippen LogP contribution >= 0.6 is 0 Å². The molecule has 1 aliphatic rings. The van der Waals surface area contributed by atoms with Crippen molar-refractivity contribution < 1.29 is 28.4 Å². The third-order valence-corrected chi connectivity index (χ3v) is 5.67. The fraction of sp³-hybridized carbons (Fsp3) is 0.310. The summed E-state index contributed by atoms with van der Waals surface area (Å²) in [5.74, 6) is 0.493. The number of benzene rings is 3. The molecule has 6 nitrogen and oxygen atoms in total. The van der Waals surface area contributed by atoms with E-state index in [9.17, 15) is 0 Å². The molecule has 0 spiro atoms. The van der Waals surface area contributed by atoms with Crippen LogP contribution in [-0.2, 0) is 48.2 Å². The summed E-state index contributed by atoms with van der Waals surface area (Å²) >= 11 is 0. The summed E-state index contributed by atoms with van der Waals surface area (Å²) in [6, 6.07) is 29.9. The zero-order valence-electron chi connectivity index (χ0n) is 20.1. The van der Waals surface area contributed by atoms with Gasteiger partial charge in [-0.25, -0.2) is 0 Å². The third kappa shape index (κ3) is 7.24. The van der Waals surface area contributed by atoms with Crippen LogP contribution in [0.5, 0.6) is 0 Å². The zero-order chi connectivity index (χ0) is 24.3. The van der Waals surface area contributed by atoms with E-state index in [0.29, 0.717) is 25.6 Å². The van der Waals surface area contributed by atoms with Crippen molar-refractivity contribution in [2.75, 3.05) is 14.2 Å². The normalized spacial score (nSPS) is 20.6. The smallest absolute Gasteiger partial charge is 0.228 e. The molecule has 0 saturated heterocycles. The first-order chi connectivity index (χ1) is 17.3. The van der Waals surface area contributed by atoms with Crippen LogP contribution in [0.25, 0.3) is 0 Å². The van der Waals surface area contributed by atoms with Gasteiger partial charge in [0.1, 0.15) is 12.2 Å². The Morgan fingerprint density at radius 3 is 1.71 bits per heavy atom. The average Bonchev–Trinajstić information content (AvgIpc) is 2.93. The van der Waals surface area contributed by atoms with Gasteiger partial charge in [0.05, 0.1) is 19.8 Å². The largest absolute Gasteiger partial charge is 0.461 e. The van der Waals surface area contributed by atoms with E-state index >= 15 is 0 Å². The Morgan fingerprint density at radius 2 is 1.20 bits per heavy atom. The van der Waals surface area contributed by atoms with Crippen LogP contribution < -0.4 is 0 Å². The number of rotatable bonds is 12. The monoisotopic (exact) mass is 476 g/mol. The Kier molecular flexibility index (Phi) is 9.46. The van der Waals surface area contributed by atoms with E-state index in [1.807, 2.05) is 97.1 Å². The summed E-state index contributed by atoms with van der Waals surface area (Å²) in [6.07, 6.45) is -0.471. The van der Waals surface area contributed by atoms with Crippen molar-refractivity contribution in [3.8, 4) is 0 Å². The van der Waals surface area contributed by atoms with Gasteiger partial charge in [-0.1, -0.05) is 91.0 Å². The van der Waals surface area contributed by atoms with E-state index in [-0.39, 0.29) is 0 Å². The van der Waals surface area contributed by atoms with Gasteiger partial charge in [-0.15, -0.1) is 0 Å². The van der Waals surface area contributed by atoms with Crippen molar-refractivity contribution in [2.45, 2.75) is 44.6 Å². The molecule has 0 saturated carbocycles. The molecule has 0 bridgehead atoms. The molecule has 0 aliphatic carbocycles. The first-order valence-electron chi connectivity index (χ1n) is 11.7. The lowest BCUT2D eigenvalue weighted by molar-refractivity contribution is -0.241. The lowest BCUT2D eigenvalue weighted by Gasteiger charge is -2.37. The van der Waals surface area contributed by atoms with Crippen LogP contribution in [0.2, 0.25) is 0 Å². The minimum absolute atomic E-state index is 0.376. The zero-order valence-corrected chi connectivity index (χ0v) is 20.1. The van der Waals surface area contributed by atoms with Crippen LogP contribution in [-0.4, -0.2) is 39.0 Å². The molecule has 0 amide bonds. The van der Waals surface area contributed by atoms with Gasteiger partial charge in [0.2, 0.25) is 12.6 Å². The molecule has 4 rings (SSSR count). The topological polar surface area (TPSA) is 55.4 Å². The first-order valence-corrected chi connectivity index (χ1v) is 11.7. The van der Waals surface area contributed by atoms with Gasteiger partial charge in [0.15, 0.2) is 5.76 Å². The van der Waals surface area contributed by atoms with Crippen molar-refractivity contribution in [3.05, 3.63) is 120 Å². The van der Waals surface area contributed by atoms with Gasteiger partial charge >= 0.3 is 0 Å². The van der Waals surface area contributed by atoms with Gasteiger partial charge in [-0.3, -0.25) is 0 Å². The summed E-state index contributed by atoms with van der Waals surface area (Å²) in [5.41, 5.74) is 3.16. The third-order valence-electron chi connectivity index (χ3n) is 5.67. The highest BCUT2D eigenvalue weighted by Gasteiger charge is 2.39. The fourth-order valence-corrected chi connectivity index (χ4v) is 3.83. The van der Waals surface area contributed by atoms with Crippen molar-refractivity contribution >= 4 is 0 Å². The number of methoxy groups -OCH3 is 2. The highest BCUT2D eigenvalue weighted by atomic mass is 16.7. The van der Waals surface area contributed by atoms with Crippen LogP contribution in [0.4, 0.5) is 0 Å². The summed E-state index contributed by atoms with van der Waals surface area (Å²) in [5, 5.41) is 0. The first kappa shape index (κ1) is 25.1. The van der Waals surface area contributed by atoms with Gasteiger partial charge in [0.25, 0.3) is 0 Å². The van der Waals surface area contributed by atoms with Gasteiger partial charge in [-0.2, -0.15) is 0 Å². The molecule has 3 aromatic rings. The highest BCUT2D eigenvalue weighted by molar-refractivity contribution is 5.17. The Balaban J connectivity index is 1.51. The van der Waals surface area contributed by atoms with Gasteiger partial charge < -0.3 is 28.4 Å². The summed E-state index contributed by atoms with van der Waals surface area (Å²) in [6.45, 7) is 1.20. The Morgan fingerprint density at radius 1 is 0.686 bits per heavy atom. The van der Waals surface area contributed by atoms with Crippen molar-refractivity contribution in [1.29, 1.82) is 0 Å². The van der Waals surface area contributed by atoms with Crippen LogP contribution in [0.3, 0.4) is 0 Å². The van der Waals surface area contributed by atoms with Gasteiger partial charge in [-0.05, 0) is 22.8 Å². The van der Waals surface area contributed by atoms with E-state index in [0.717, 1.165) is 16.7 Å². The molecular weight excluding hydrogens is 444 g/mol. The summed E-state index contributed by atoms with van der Waals surface area (Å²) < 4.78 is 36.0. The maximum atomic E-state index is 6.32. The number of hydrogen-bond acceptors (Lipinski definition) is 6. The predicted molar refractivity (Wildman–Crippen MR) is 132 cm³/mol. The number of ether oxygens (including phenoxy) is 6. The molecule has 6 heteroatoms. The maximum absolute atomic E-state index is 6.32. The van der Waals surface area contributed by atoms with E-state index < -0.39 is 24.8 Å². The second-order valence-electron chi connectivity index (χ2n) is 8.18. The molecule has 0 radical (unpaired) electrons. The van der Waals surface area contributed by atoms with Gasteiger partial charge in [0, 0.05) is 14.2 Å². The average molecular weight is 477 g/mol. The van der Waals surface area contributed by atoms with Crippen LogP contribution in [0.1, 0.15) is 16.7 Å². The predicted octanol–water partition coefficient (Wildman–Crippen LogP) is 5.23. The lowest BCUT2D eigenvalue weighted by atomic mass is 10.1. The molecule has 4 atom stereocenters. The molecule has 0 aromatic heterocycles. The molecular formula is C29H32O6. The summed E-state index contributed by atoms with van der Waals surface area (Å²) in [4.78, 5) is 0. The molecule has 1 unspecified atom stereocenters. The minimum atomic E-state index is -0.717. The summed E-state index contributed by atoms with van der Waals surface area (Å²) in [7, 11) is 3.17.